The summed E-state index contributed by atoms with van der Waals surface area (Å²) in [6.07, 6.45) is 6.33. The van der Waals surface area contributed by atoms with Gasteiger partial charge in [-0.1, -0.05) is 19.3 Å². The van der Waals surface area contributed by atoms with Crippen molar-refractivity contribution >= 4 is 5.91 Å². The predicted molar refractivity (Wildman–Crippen MR) is 75.4 cm³/mol. The summed E-state index contributed by atoms with van der Waals surface area (Å²) in [5.41, 5.74) is 5.51. The van der Waals surface area contributed by atoms with Gasteiger partial charge in [-0.05, 0) is 33.6 Å². The van der Waals surface area contributed by atoms with Crippen molar-refractivity contribution in [3.63, 3.8) is 0 Å². The van der Waals surface area contributed by atoms with E-state index < -0.39 is 0 Å². The fourth-order valence-electron chi connectivity index (χ4n) is 2.64. The number of carbonyl (C=O) groups is 1. The van der Waals surface area contributed by atoms with Gasteiger partial charge in [-0.15, -0.1) is 0 Å². The molecule has 0 aromatic carbocycles. The van der Waals surface area contributed by atoms with Crippen LogP contribution in [0.25, 0.3) is 0 Å². The predicted octanol–water partition coefficient (Wildman–Crippen LogP) is 1.49. The molecule has 106 valence electrons. The zero-order chi connectivity index (χ0) is 13.6. The summed E-state index contributed by atoms with van der Waals surface area (Å²) in [5.74, 6) is 0.113. The molecule has 0 unspecified atom stereocenters. The van der Waals surface area contributed by atoms with E-state index in [4.69, 9.17) is 5.73 Å². The maximum Gasteiger partial charge on any atom is 0.234 e. The molecule has 0 bridgehead atoms. The molecule has 1 aliphatic rings. The highest BCUT2D eigenvalue weighted by molar-refractivity contribution is 5.78. The summed E-state index contributed by atoms with van der Waals surface area (Å²) in [5, 5.41) is 3.03. The van der Waals surface area contributed by atoms with Gasteiger partial charge in [0.15, 0.2) is 0 Å². The van der Waals surface area contributed by atoms with E-state index in [1.165, 1.54) is 32.1 Å². The Morgan fingerprint density at radius 2 is 1.89 bits per heavy atom. The average Bonchev–Trinajstić information content (AvgIpc) is 2.27. The molecule has 0 aromatic rings. The second-order valence-electron chi connectivity index (χ2n) is 6.35. The molecule has 0 atom stereocenters. The smallest absolute Gasteiger partial charge is 0.234 e. The molecule has 18 heavy (non-hydrogen) atoms. The monoisotopic (exact) mass is 255 g/mol. The van der Waals surface area contributed by atoms with Gasteiger partial charge in [0, 0.05) is 24.7 Å². The summed E-state index contributed by atoms with van der Waals surface area (Å²) in [4.78, 5) is 14.3. The van der Waals surface area contributed by atoms with Crippen LogP contribution in [0.5, 0.6) is 0 Å². The van der Waals surface area contributed by atoms with Gasteiger partial charge in [0.1, 0.15) is 0 Å². The maximum absolute atomic E-state index is 12.0. The number of carbonyl (C=O) groups excluding carboxylic acids is 1. The Morgan fingerprint density at radius 3 is 2.39 bits per heavy atom. The quantitative estimate of drug-likeness (QED) is 0.782. The van der Waals surface area contributed by atoms with Crippen molar-refractivity contribution in [3.05, 3.63) is 0 Å². The minimum absolute atomic E-state index is 0.113. The van der Waals surface area contributed by atoms with Crippen LogP contribution in [0.2, 0.25) is 0 Å². The molecular weight excluding hydrogens is 226 g/mol. The Balaban J connectivity index is 2.48. The van der Waals surface area contributed by atoms with Crippen molar-refractivity contribution in [2.75, 3.05) is 19.6 Å². The molecule has 1 amide bonds. The van der Waals surface area contributed by atoms with Crippen LogP contribution in [-0.2, 0) is 4.79 Å². The molecule has 0 aromatic heterocycles. The summed E-state index contributed by atoms with van der Waals surface area (Å²) < 4.78 is 0. The normalized spacial score (nSPS) is 18.1. The number of nitrogens with one attached hydrogen (secondary N) is 1. The van der Waals surface area contributed by atoms with Crippen LogP contribution in [-0.4, -0.2) is 42.0 Å². The first-order chi connectivity index (χ1) is 8.42. The number of nitrogens with two attached hydrogens (primary N) is 1. The number of rotatable bonds is 5. The molecule has 0 radical (unpaired) electrons. The summed E-state index contributed by atoms with van der Waals surface area (Å²) in [6, 6.07) is 0.549. The molecule has 1 fully saturated rings. The maximum atomic E-state index is 12.0. The van der Waals surface area contributed by atoms with Gasteiger partial charge in [0.25, 0.3) is 0 Å². The molecule has 1 rings (SSSR count). The lowest BCUT2D eigenvalue weighted by Crippen LogP contribution is -2.49. The van der Waals surface area contributed by atoms with E-state index >= 15 is 0 Å². The highest BCUT2D eigenvalue weighted by atomic mass is 16.2. The zero-order valence-electron chi connectivity index (χ0n) is 12.2. The Labute approximate surface area is 111 Å². The lowest BCUT2D eigenvalue weighted by atomic mass is 9.94. The van der Waals surface area contributed by atoms with Gasteiger partial charge in [-0.3, -0.25) is 9.69 Å². The molecule has 0 heterocycles. The lowest BCUT2D eigenvalue weighted by Gasteiger charge is -2.34. The third kappa shape index (κ3) is 5.83. The Kier molecular flexibility index (Phi) is 6.09. The van der Waals surface area contributed by atoms with E-state index in [1.807, 2.05) is 20.8 Å². The van der Waals surface area contributed by atoms with E-state index in [1.54, 1.807) is 0 Å². The standard InChI is InChI=1S/C14H29N3O/c1-14(2,3)16-13(18)11-17(10-9-15)12-7-5-4-6-8-12/h12H,4-11,15H2,1-3H3,(H,16,18). The van der Waals surface area contributed by atoms with Crippen molar-refractivity contribution in [2.24, 2.45) is 5.73 Å². The van der Waals surface area contributed by atoms with Crippen LogP contribution in [0.3, 0.4) is 0 Å². The minimum Gasteiger partial charge on any atom is -0.350 e. The van der Waals surface area contributed by atoms with Gasteiger partial charge in [-0.25, -0.2) is 0 Å². The van der Waals surface area contributed by atoms with Crippen molar-refractivity contribution in [1.29, 1.82) is 0 Å². The van der Waals surface area contributed by atoms with Gasteiger partial charge in [-0.2, -0.15) is 0 Å². The van der Waals surface area contributed by atoms with Crippen LogP contribution in [0.1, 0.15) is 52.9 Å². The van der Waals surface area contributed by atoms with E-state index in [0.29, 0.717) is 19.1 Å². The molecule has 1 aliphatic carbocycles. The zero-order valence-corrected chi connectivity index (χ0v) is 12.2. The van der Waals surface area contributed by atoms with Gasteiger partial charge in [0.05, 0.1) is 6.54 Å². The molecule has 0 spiro atoms. The average molecular weight is 255 g/mol. The molecule has 4 nitrogen and oxygen atoms in total. The first-order valence-corrected chi connectivity index (χ1v) is 7.17. The fourth-order valence-corrected chi connectivity index (χ4v) is 2.64. The first kappa shape index (κ1) is 15.4. The molecular formula is C14H29N3O. The summed E-state index contributed by atoms with van der Waals surface area (Å²) in [7, 11) is 0. The van der Waals surface area contributed by atoms with Crippen LogP contribution < -0.4 is 11.1 Å². The third-order valence-electron chi connectivity index (χ3n) is 3.37. The van der Waals surface area contributed by atoms with Gasteiger partial charge < -0.3 is 11.1 Å². The van der Waals surface area contributed by atoms with Crippen LogP contribution >= 0.6 is 0 Å². The molecule has 3 N–H and O–H groups in total. The highest BCUT2D eigenvalue weighted by Crippen LogP contribution is 2.22. The van der Waals surface area contributed by atoms with E-state index in [0.717, 1.165) is 6.54 Å². The second-order valence-corrected chi connectivity index (χ2v) is 6.35. The van der Waals surface area contributed by atoms with Crippen LogP contribution in [0.4, 0.5) is 0 Å². The van der Waals surface area contributed by atoms with Crippen molar-refractivity contribution in [3.8, 4) is 0 Å². The topological polar surface area (TPSA) is 58.4 Å². The fraction of sp³-hybridized carbons (Fsp3) is 0.929. The SMILES string of the molecule is CC(C)(C)NC(=O)CN(CCN)C1CCCCC1. The number of hydrogen-bond donors (Lipinski definition) is 2. The summed E-state index contributed by atoms with van der Waals surface area (Å²) in [6.45, 7) is 7.97. The minimum atomic E-state index is -0.155. The van der Waals surface area contributed by atoms with Crippen molar-refractivity contribution in [1.82, 2.24) is 10.2 Å². The number of amides is 1. The van der Waals surface area contributed by atoms with E-state index in [2.05, 4.69) is 10.2 Å². The van der Waals surface area contributed by atoms with Crippen LogP contribution in [0.15, 0.2) is 0 Å². The van der Waals surface area contributed by atoms with E-state index in [9.17, 15) is 4.79 Å². The lowest BCUT2D eigenvalue weighted by molar-refractivity contribution is -0.124. The Bertz CT molecular complexity index is 254. The van der Waals surface area contributed by atoms with Crippen LogP contribution in [0, 0.1) is 0 Å². The third-order valence-corrected chi connectivity index (χ3v) is 3.37. The molecule has 4 heteroatoms. The molecule has 0 saturated heterocycles. The first-order valence-electron chi connectivity index (χ1n) is 7.17. The second kappa shape index (κ2) is 7.10. The highest BCUT2D eigenvalue weighted by Gasteiger charge is 2.23. The van der Waals surface area contributed by atoms with Crippen molar-refractivity contribution < 1.29 is 4.79 Å². The Hall–Kier alpha value is -0.610. The Morgan fingerprint density at radius 1 is 1.28 bits per heavy atom. The molecule has 0 aliphatic heterocycles. The molecule has 1 saturated carbocycles. The number of nitrogens with zero attached hydrogens (tertiary/aromatic N) is 1. The largest absolute Gasteiger partial charge is 0.350 e. The van der Waals surface area contributed by atoms with Gasteiger partial charge >= 0.3 is 0 Å². The van der Waals surface area contributed by atoms with Gasteiger partial charge in [0.2, 0.25) is 5.91 Å². The van der Waals surface area contributed by atoms with E-state index in [-0.39, 0.29) is 11.4 Å². The number of hydrogen-bond acceptors (Lipinski definition) is 3. The summed E-state index contributed by atoms with van der Waals surface area (Å²) >= 11 is 0. The van der Waals surface area contributed by atoms with Crippen molar-refractivity contribution in [2.45, 2.75) is 64.5 Å².